The molecule has 0 aliphatic rings. The zero-order valence-electron chi connectivity index (χ0n) is 13.6. The third-order valence-electron chi connectivity index (χ3n) is 3.69. The highest BCUT2D eigenvalue weighted by molar-refractivity contribution is 5.94. The van der Waals surface area contributed by atoms with Gasteiger partial charge >= 0.3 is 0 Å². The minimum absolute atomic E-state index is 0.00480. The third-order valence-corrected chi connectivity index (χ3v) is 3.69. The van der Waals surface area contributed by atoms with Gasteiger partial charge in [0.2, 0.25) is 0 Å². The van der Waals surface area contributed by atoms with Gasteiger partial charge in [-0.05, 0) is 30.7 Å². The van der Waals surface area contributed by atoms with Crippen molar-refractivity contribution < 1.29 is 4.79 Å². The van der Waals surface area contributed by atoms with E-state index >= 15 is 0 Å². The Kier molecular flexibility index (Phi) is 4.93. The van der Waals surface area contributed by atoms with Crippen LogP contribution in [-0.4, -0.2) is 33.3 Å². The maximum atomic E-state index is 12.8. The molecule has 0 spiro atoms. The summed E-state index contributed by atoms with van der Waals surface area (Å²) in [6, 6.07) is 13.5. The molecule has 1 amide bonds. The Morgan fingerprint density at radius 1 is 1.21 bits per heavy atom. The second-order valence-electron chi connectivity index (χ2n) is 5.50. The molecule has 0 saturated heterocycles. The Morgan fingerprint density at radius 3 is 2.83 bits per heavy atom. The lowest BCUT2D eigenvalue weighted by Gasteiger charge is -2.19. The summed E-state index contributed by atoms with van der Waals surface area (Å²) in [5.41, 5.74) is 2.44. The molecule has 4 nitrogen and oxygen atoms in total. The monoisotopic (exact) mass is 317 g/mol. The van der Waals surface area contributed by atoms with E-state index < -0.39 is 0 Å². The van der Waals surface area contributed by atoms with Gasteiger partial charge in [0.05, 0.1) is 12.1 Å². The maximum Gasteiger partial charge on any atom is 0.256 e. The fourth-order valence-electron chi connectivity index (χ4n) is 2.51. The highest BCUT2D eigenvalue weighted by Gasteiger charge is 2.14. The standard InChI is InChI=1S/C20H19N3O/c1-2-13-22(14-6-9-17-7-4-3-5-8-17)20(24)18-10-11-19-21-12-15-23(19)16-18/h3-5,7-8,10-12,15-16H,2,13-14H2,1H3. The van der Waals surface area contributed by atoms with Crippen LogP contribution in [0.15, 0.2) is 61.1 Å². The molecular formula is C20H19N3O. The molecule has 120 valence electrons. The van der Waals surface area contributed by atoms with Crippen molar-refractivity contribution in [2.24, 2.45) is 0 Å². The molecule has 0 bridgehead atoms. The highest BCUT2D eigenvalue weighted by Crippen LogP contribution is 2.08. The van der Waals surface area contributed by atoms with Gasteiger partial charge in [-0.3, -0.25) is 4.79 Å². The fraction of sp³-hybridized carbons (Fsp3) is 0.200. The zero-order valence-corrected chi connectivity index (χ0v) is 13.6. The number of amides is 1. The van der Waals surface area contributed by atoms with Gasteiger partial charge in [-0.25, -0.2) is 4.98 Å². The van der Waals surface area contributed by atoms with E-state index in [-0.39, 0.29) is 5.91 Å². The van der Waals surface area contributed by atoms with Crippen molar-refractivity contribution in [3.63, 3.8) is 0 Å². The van der Waals surface area contributed by atoms with E-state index in [1.54, 1.807) is 11.1 Å². The van der Waals surface area contributed by atoms with Gasteiger partial charge < -0.3 is 9.30 Å². The van der Waals surface area contributed by atoms with Gasteiger partial charge in [0.25, 0.3) is 5.91 Å². The van der Waals surface area contributed by atoms with Crippen molar-refractivity contribution in [3.05, 3.63) is 72.2 Å². The molecule has 3 aromatic rings. The van der Waals surface area contributed by atoms with Gasteiger partial charge in [0, 0.05) is 30.7 Å². The molecule has 0 unspecified atom stereocenters. The first-order chi connectivity index (χ1) is 11.8. The van der Waals surface area contributed by atoms with E-state index in [0.29, 0.717) is 18.7 Å². The predicted octanol–water partition coefficient (Wildman–Crippen LogP) is 3.24. The van der Waals surface area contributed by atoms with Crippen LogP contribution in [-0.2, 0) is 0 Å². The lowest BCUT2D eigenvalue weighted by atomic mass is 10.2. The summed E-state index contributed by atoms with van der Waals surface area (Å²) >= 11 is 0. The molecule has 0 fully saturated rings. The summed E-state index contributed by atoms with van der Waals surface area (Å²) in [7, 11) is 0. The minimum Gasteiger partial charge on any atom is -0.327 e. The van der Waals surface area contributed by atoms with Crippen molar-refractivity contribution in [1.29, 1.82) is 0 Å². The summed E-state index contributed by atoms with van der Waals surface area (Å²) in [5.74, 6) is 6.21. The Morgan fingerprint density at radius 2 is 2.04 bits per heavy atom. The van der Waals surface area contributed by atoms with Crippen LogP contribution in [0.2, 0.25) is 0 Å². The van der Waals surface area contributed by atoms with Gasteiger partial charge in [-0.1, -0.05) is 37.0 Å². The summed E-state index contributed by atoms with van der Waals surface area (Å²) in [6.45, 7) is 3.16. The average Bonchev–Trinajstić information content (AvgIpc) is 3.09. The second kappa shape index (κ2) is 7.47. The number of fused-ring (bicyclic) bond motifs is 1. The third kappa shape index (κ3) is 3.64. The largest absolute Gasteiger partial charge is 0.327 e. The fourth-order valence-corrected chi connectivity index (χ4v) is 2.51. The average molecular weight is 317 g/mol. The van der Waals surface area contributed by atoms with E-state index in [2.05, 4.69) is 23.7 Å². The molecule has 0 N–H and O–H groups in total. The van der Waals surface area contributed by atoms with E-state index in [1.807, 2.05) is 59.3 Å². The number of pyridine rings is 1. The van der Waals surface area contributed by atoms with Crippen LogP contribution in [0.5, 0.6) is 0 Å². The van der Waals surface area contributed by atoms with Crippen molar-refractivity contribution in [2.45, 2.75) is 13.3 Å². The second-order valence-corrected chi connectivity index (χ2v) is 5.50. The normalized spacial score (nSPS) is 10.2. The topological polar surface area (TPSA) is 37.6 Å². The lowest BCUT2D eigenvalue weighted by Crippen LogP contribution is -2.32. The van der Waals surface area contributed by atoms with Crippen LogP contribution in [0.1, 0.15) is 29.3 Å². The van der Waals surface area contributed by atoms with Crippen LogP contribution in [0, 0.1) is 11.8 Å². The first kappa shape index (κ1) is 15.8. The van der Waals surface area contributed by atoms with E-state index in [4.69, 9.17) is 0 Å². The Hall–Kier alpha value is -3.06. The SMILES string of the molecule is CCCN(CC#Cc1ccccc1)C(=O)c1ccc2nccn2c1. The lowest BCUT2D eigenvalue weighted by molar-refractivity contribution is 0.0776. The Labute approximate surface area is 141 Å². The quantitative estimate of drug-likeness (QED) is 0.693. The molecule has 0 aliphatic carbocycles. The summed E-state index contributed by atoms with van der Waals surface area (Å²) < 4.78 is 1.85. The zero-order chi connectivity index (χ0) is 16.8. The maximum absolute atomic E-state index is 12.8. The van der Waals surface area contributed by atoms with E-state index in [9.17, 15) is 4.79 Å². The molecule has 0 saturated carbocycles. The number of carbonyl (C=O) groups excluding carboxylic acids is 1. The Bertz CT molecular complexity index is 887. The summed E-state index contributed by atoms with van der Waals surface area (Å²) in [6.07, 6.45) is 6.27. The smallest absolute Gasteiger partial charge is 0.256 e. The first-order valence-electron chi connectivity index (χ1n) is 8.04. The van der Waals surface area contributed by atoms with Gasteiger partial charge in [-0.15, -0.1) is 0 Å². The van der Waals surface area contributed by atoms with Crippen LogP contribution >= 0.6 is 0 Å². The van der Waals surface area contributed by atoms with Crippen LogP contribution < -0.4 is 0 Å². The summed E-state index contributed by atoms with van der Waals surface area (Å²) in [4.78, 5) is 18.8. The van der Waals surface area contributed by atoms with Crippen molar-refractivity contribution in [3.8, 4) is 11.8 Å². The molecule has 0 aliphatic heterocycles. The van der Waals surface area contributed by atoms with E-state index in [1.165, 1.54) is 0 Å². The van der Waals surface area contributed by atoms with Gasteiger partial charge in [-0.2, -0.15) is 0 Å². The van der Waals surface area contributed by atoms with Gasteiger partial charge in [0.1, 0.15) is 5.65 Å². The highest BCUT2D eigenvalue weighted by atomic mass is 16.2. The van der Waals surface area contributed by atoms with Crippen LogP contribution in [0.3, 0.4) is 0 Å². The van der Waals surface area contributed by atoms with Crippen molar-refractivity contribution in [2.75, 3.05) is 13.1 Å². The first-order valence-corrected chi connectivity index (χ1v) is 8.04. The Balaban J connectivity index is 1.76. The number of hydrogen-bond acceptors (Lipinski definition) is 2. The number of hydrogen-bond donors (Lipinski definition) is 0. The molecule has 4 heteroatoms. The number of nitrogens with zero attached hydrogens (tertiary/aromatic N) is 3. The van der Waals surface area contributed by atoms with E-state index in [0.717, 1.165) is 17.6 Å². The molecular weight excluding hydrogens is 298 g/mol. The molecule has 0 radical (unpaired) electrons. The number of carbonyl (C=O) groups is 1. The molecule has 0 atom stereocenters. The molecule has 3 rings (SSSR count). The van der Waals surface area contributed by atoms with Gasteiger partial charge in [0.15, 0.2) is 0 Å². The molecule has 2 aromatic heterocycles. The van der Waals surface area contributed by atoms with Crippen molar-refractivity contribution in [1.82, 2.24) is 14.3 Å². The number of imidazole rings is 1. The van der Waals surface area contributed by atoms with Crippen LogP contribution in [0.4, 0.5) is 0 Å². The summed E-state index contributed by atoms with van der Waals surface area (Å²) in [5, 5.41) is 0. The molecule has 1 aromatic carbocycles. The molecule has 24 heavy (non-hydrogen) atoms. The minimum atomic E-state index is -0.00480. The number of rotatable bonds is 4. The number of benzene rings is 1. The number of aromatic nitrogens is 2. The van der Waals surface area contributed by atoms with Crippen molar-refractivity contribution >= 4 is 11.6 Å². The van der Waals surface area contributed by atoms with Crippen LogP contribution in [0.25, 0.3) is 5.65 Å². The predicted molar refractivity (Wildman–Crippen MR) is 94.7 cm³/mol. The molecule has 2 heterocycles.